The second-order valence-electron chi connectivity index (χ2n) is 4.93. The van der Waals surface area contributed by atoms with Crippen LogP contribution in [-0.4, -0.2) is 19.8 Å². The summed E-state index contributed by atoms with van der Waals surface area (Å²) < 4.78 is 19.5. The molecule has 1 aliphatic heterocycles. The third-order valence-corrected chi connectivity index (χ3v) is 3.50. The zero-order valence-electron chi connectivity index (χ0n) is 10.7. The van der Waals surface area contributed by atoms with Crippen LogP contribution >= 0.6 is 0 Å². The van der Waals surface area contributed by atoms with Crippen LogP contribution in [-0.2, 0) is 4.74 Å². The van der Waals surface area contributed by atoms with E-state index in [2.05, 4.69) is 12.2 Å². The quantitative estimate of drug-likeness (QED) is 0.872. The van der Waals surface area contributed by atoms with Crippen LogP contribution in [0.3, 0.4) is 0 Å². The molecule has 2 rings (SSSR count). The van der Waals surface area contributed by atoms with Gasteiger partial charge in [-0.25, -0.2) is 4.39 Å². The summed E-state index contributed by atoms with van der Waals surface area (Å²) in [7, 11) is 1.88. The van der Waals surface area contributed by atoms with Crippen LogP contribution < -0.4 is 5.32 Å². The van der Waals surface area contributed by atoms with Crippen LogP contribution in [0.4, 0.5) is 4.39 Å². The molecule has 0 aromatic heterocycles. The first-order chi connectivity index (χ1) is 8.11. The molecule has 1 aromatic carbocycles. The Morgan fingerprint density at radius 1 is 1.47 bits per heavy atom. The van der Waals surface area contributed by atoms with Gasteiger partial charge in [-0.3, -0.25) is 0 Å². The first-order valence-electron chi connectivity index (χ1n) is 6.16. The maximum Gasteiger partial charge on any atom is 0.128 e. The fraction of sp³-hybridized carbons (Fsp3) is 0.571. The Kier molecular flexibility index (Phi) is 3.79. The molecule has 1 N–H and O–H groups in total. The van der Waals surface area contributed by atoms with E-state index in [9.17, 15) is 4.39 Å². The number of hydrogen-bond donors (Lipinski definition) is 1. The van der Waals surface area contributed by atoms with E-state index in [-0.39, 0.29) is 18.0 Å². The summed E-state index contributed by atoms with van der Waals surface area (Å²) in [6, 6.07) is 5.33. The number of ether oxygens (including phenoxy) is 1. The topological polar surface area (TPSA) is 21.3 Å². The standard InChI is InChI=1S/C14H20FNO/c1-9-4-5-13(15)12(6-9)14(16-3)11-7-10(2)17-8-11/h4-6,10-11,14,16H,7-8H2,1-3H3. The maximum atomic E-state index is 13.9. The summed E-state index contributed by atoms with van der Waals surface area (Å²) in [5, 5.41) is 3.23. The van der Waals surface area contributed by atoms with Gasteiger partial charge in [-0.15, -0.1) is 0 Å². The van der Waals surface area contributed by atoms with Gasteiger partial charge in [0.15, 0.2) is 0 Å². The van der Waals surface area contributed by atoms with Crippen molar-refractivity contribution in [3.8, 4) is 0 Å². The summed E-state index contributed by atoms with van der Waals surface area (Å²) >= 11 is 0. The fourth-order valence-corrected chi connectivity index (χ4v) is 2.63. The molecule has 1 saturated heterocycles. The Hall–Kier alpha value is -0.930. The Bertz CT molecular complexity index is 394. The van der Waals surface area contributed by atoms with Gasteiger partial charge in [-0.2, -0.15) is 0 Å². The molecule has 17 heavy (non-hydrogen) atoms. The molecule has 0 amide bonds. The Morgan fingerprint density at radius 2 is 2.24 bits per heavy atom. The van der Waals surface area contributed by atoms with Gasteiger partial charge in [0.1, 0.15) is 5.82 Å². The van der Waals surface area contributed by atoms with Crippen molar-refractivity contribution in [3.05, 3.63) is 35.1 Å². The normalized spacial score (nSPS) is 26.1. The summed E-state index contributed by atoms with van der Waals surface area (Å²) in [5.41, 5.74) is 1.85. The molecule has 2 nitrogen and oxygen atoms in total. The van der Waals surface area contributed by atoms with Crippen LogP contribution in [0.2, 0.25) is 0 Å². The van der Waals surface area contributed by atoms with Crippen molar-refractivity contribution in [1.29, 1.82) is 0 Å². The largest absolute Gasteiger partial charge is 0.378 e. The van der Waals surface area contributed by atoms with Crippen molar-refractivity contribution in [2.75, 3.05) is 13.7 Å². The predicted molar refractivity (Wildman–Crippen MR) is 66.5 cm³/mol. The molecule has 0 saturated carbocycles. The molecule has 3 heteroatoms. The highest BCUT2D eigenvalue weighted by Crippen LogP contribution is 2.32. The molecule has 0 aliphatic carbocycles. The molecule has 3 atom stereocenters. The van der Waals surface area contributed by atoms with Gasteiger partial charge in [0, 0.05) is 17.5 Å². The van der Waals surface area contributed by atoms with E-state index in [0.717, 1.165) is 17.5 Å². The lowest BCUT2D eigenvalue weighted by molar-refractivity contribution is 0.117. The monoisotopic (exact) mass is 237 g/mol. The average Bonchev–Trinajstić information content (AvgIpc) is 2.71. The minimum absolute atomic E-state index is 0.0415. The molecule has 1 heterocycles. The third kappa shape index (κ3) is 2.67. The zero-order chi connectivity index (χ0) is 12.4. The van der Waals surface area contributed by atoms with E-state index >= 15 is 0 Å². The highest BCUT2D eigenvalue weighted by molar-refractivity contribution is 5.27. The van der Waals surface area contributed by atoms with Crippen molar-refractivity contribution in [2.45, 2.75) is 32.4 Å². The highest BCUT2D eigenvalue weighted by Gasteiger charge is 2.31. The van der Waals surface area contributed by atoms with Gasteiger partial charge in [0.05, 0.1) is 12.7 Å². The van der Waals surface area contributed by atoms with Gasteiger partial charge < -0.3 is 10.1 Å². The second-order valence-corrected chi connectivity index (χ2v) is 4.93. The van der Waals surface area contributed by atoms with Gasteiger partial charge in [0.25, 0.3) is 0 Å². The van der Waals surface area contributed by atoms with Crippen LogP contribution in [0.25, 0.3) is 0 Å². The Balaban J connectivity index is 2.25. The lowest BCUT2D eigenvalue weighted by Gasteiger charge is -2.23. The first kappa shape index (κ1) is 12.5. The SMILES string of the molecule is CNC(c1cc(C)ccc1F)C1COC(C)C1. The molecule has 0 radical (unpaired) electrons. The van der Waals surface area contributed by atoms with E-state index in [0.29, 0.717) is 12.5 Å². The lowest BCUT2D eigenvalue weighted by Crippen LogP contribution is -2.26. The molecular formula is C14H20FNO. The van der Waals surface area contributed by atoms with Crippen LogP contribution in [0.5, 0.6) is 0 Å². The molecule has 1 fully saturated rings. The maximum absolute atomic E-state index is 13.9. The number of halogens is 1. The molecule has 0 spiro atoms. The molecule has 1 aromatic rings. The van der Waals surface area contributed by atoms with Crippen molar-refractivity contribution in [3.63, 3.8) is 0 Å². The van der Waals surface area contributed by atoms with Crippen LogP contribution in [0, 0.1) is 18.7 Å². The Labute approximate surface area is 102 Å². The molecule has 0 bridgehead atoms. The van der Waals surface area contributed by atoms with Gasteiger partial charge in [0.2, 0.25) is 0 Å². The molecule has 1 aliphatic rings. The number of benzene rings is 1. The smallest absolute Gasteiger partial charge is 0.128 e. The highest BCUT2D eigenvalue weighted by atomic mass is 19.1. The number of aryl methyl sites for hydroxylation is 1. The van der Waals surface area contributed by atoms with Crippen LogP contribution in [0.15, 0.2) is 18.2 Å². The molecule has 94 valence electrons. The summed E-state index contributed by atoms with van der Waals surface area (Å²) in [4.78, 5) is 0. The van der Waals surface area contributed by atoms with E-state index in [4.69, 9.17) is 4.74 Å². The molecule has 3 unspecified atom stereocenters. The minimum atomic E-state index is -0.130. The lowest BCUT2D eigenvalue weighted by atomic mass is 9.90. The summed E-state index contributed by atoms with van der Waals surface area (Å²) in [5.74, 6) is 0.223. The average molecular weight is 237 g/mol. The number of nitrogens with one attached hydrogen (secondary N) is 1. The van der Waals surface area contributed by atoms with Crippen LogP contribution in [0.1, 0.15) is 30.5 Å². The van der Waals surface area contributed by atoms with Crippen molar-refractivity contribution in [1.82, 2.24) is 5.32 Å². The second kappa shape index (κ2) is 5.15. The van der Waals surface area contributed by atoms with E-state index < -0.39 is 0 Å². The summed E-state index contributed by atoms with van der Waals surface area (Å²) in [6.07, 6.45) is 1.27. The first-order valence-corrected chi connectivity index (χ1v) is 6.16. The van der Waals surface area contributed by atoms with Gasteiger partial charge in [-0.05, 0) is 33.4 Å². The van der Waals surface area contributed by atoms with E-state index in [1.54, 1.807) is 12.1 Å². The van der Waals surface area contributed by atoms with Crippen molar-refractivity contribution >= 4 is 0 Å². The third-order valence-electron chi connectivity index (χ3n) is 3.50. The summed E-state index contributed by atoms with van der Waals surface area (Å²) in [6.45, 7) is 4.77. The van der Waals surface area contributed by atoms with Crippen molar-refractivity contribution in [2.24, 2.45) is 5.92 Å². The fourth-order valence-electron chi connectivity index (χ4n) is 2.63. The van der Waals surface area contributed by atoms with Crippen molar-refractivity contribution < 1.29 is 9.13 Å². The number of rotatable bonds is 3. The number of hydrogen-bond acceptors (Lipinski definition) is 2. The van der Waals surface area contributed by atoms with Gasteiger partial charge in [-0.1, -0.05) is 17.7 Å². The van der Waals surface area contributed by atoms with E-state index in [1.807, 2.05) is 20.0 Å². The Morgan fingerprint density at radius 3 is 2.82 bits per heavy atom. The predicted octanol–water partition coefficient (Wildman–Crippen LogP) is 2.82. The van der Waals surface area contributed by atoms with E-state index in [1.165, 1.54) is 0 Å². The minimum Gasteiger partial charge on any atom is -0.378 e. The molecular weight excluding hydrogens is 217 g/mol. The van der Waals surface area contributed by atoms with Gasteiger partial charge >= 0.3 is 0 Å². The zero-order valence-corrected chi connectivity index (χ0v) is 10.7.